The average molecular weight is 351 g/mol. The van der Waals surface area contributed by atoms with Crippen molar-refractivity contribution in [3.05, 3.63) is 59.2 Å². The first-order chi connectivity index (χ1) is 12.8. The van der Waals surface area contributed by atoms with Crippen LogP contribution in [0, 0.1) is 0 Å². The second kappa shape index (κ2) is 7.71. The van der Waals surface area contributed by atoms with Crippen molar-refractivity contribution in [3.8, 4) is 11.5 Å². The van der Waals surface area contributed by atoms with Crippen molar-refractivity contribution in [2.24, 2.45) is 0 Å². The van der Waals surface area contributed by atoms with Crippen LogP contribution in [0.1, 0.15) is 48.3 Å². The van der Waals surface area contributed by atoms with Gasteiger partial charge in [0.25, 0.3) is 0 Å². The average Bonchev–Trinajstić information content (AvgIpc) is 2.73. The lowest BCUT2D eigenvalue weighted by Crippen LogP contribution is -2.41. The third-order valence-electron chi connectivity index (χ3n) is 6.23. The van der Waals surface area contributed by atoms with Gasteiger partial charge < -0.3 is 9.47 Å². The van der Waals surface area contributed by atoms with Gasteiger partial charge >= 0.3 is 0 Å². The number of methoxy groups -OCH3 is 2. The van der Waals surface area contributed by atoms with Gasteiger partial charge in [-0.3, -0.25) is 4.90 Å². The Morgan fingerprint density at radius 1 is 0.846 bits per heavy atom. The number of fused-ring (bicyclic) bond motifs is 1. The van der Waals surface area contributed by atoms with E-state index >= 15 is 0 Å². The maximum atomic E-state index is 5.50. The SMILES string of the molecule is COc1cc2c(cc1OC)CN(C1CCC(c3ccccc3)CC1)CC2. The first-order valence-corrected chi connectivity index (χ1v) is 9.81. The molecule has 138 valence electrons. The summed E-state index contributed by atoms with van der Waals surface area (Å²) in [5.74, 6) is 2.44. The predicted octanol–water partition coefficient (Wildman–Crippen LogP) is 4.79. The summed E-state index contributed by atoms with van der Waals surface area (Å²) in [6.07, 6.45) is 6.34. The van der Waals surface area contributed by atoms with Crippen LogP contribution in [-0.4, -0.2) is 31.7 Å². The summed E-state index contributed by atoms with van der Waals surface area (Å²) in [4.78, 5) is 2.69. The van der Waals surface area contributed by atoms with Crippen LogP contribution in [-0.2, 0) is 13.0 Å². The van der Waals surface area contributed by atoms with Gasteiger partial charge in [-0.25, -0.2) is 0 Å². The number of rotatable bonds is 4. The van der Waals surface area contributed by atoms with E-state index in [1.54, 1.807) is 14.2 Å². The van der Waals surface area contributed by atoms with E-state index < -0.39 is 0 Å². The lowest BCUT2D eigenvalue weighted by atomic mass is 9.80. The maximum absolute atomic E-state index is 5.50. The van der Waals surface area contributed by atoms with Gasteiger partial charge in [-0.05, 0) is 66.8 Å². The van der Waals surface area contributed by atoms with Crippen molar-refractivity contribution in [1.82, 2.24) is 4.90 Å². The standard InChI is InChI=1S/C23H29NO2/c1-25-22-14-19-12-13-24(16-20(19)15-23(22)26-2)21-10-8-18(9-11-21)17-6-4-3-5-7-17/h3-7,14-15,18,21H,8-13,16H2,1-2H3. The molecule has 1 aliphatic heterocycles. The molecule has 2 aliphatic rings. The molecule has 0 bridgehead atoms. The number of nitrogens with zero attached hydrogens (tertiary/aromatic N) is 1. The molecule has 3 nitrogen and oxygen atoms in total. The van der Waals surface area contributed by atoms with Gasteiger partial charge in [0.1, 0.15) is 0 Å². The van der Waals surface area contributed by atoms with Crippen LogP contribution in [0.5, 0.6) is 11.5 Å². The van der Waals surface area contributed by atoms with E-state index in [4.69, 9.17) is 9.47 Å². The highest BCUT2D eigenvalue weighted by Crippen LogP contribution is 2.38. The smallest absolute Gasteiger partial charge is 0.161 e. The number of benzene rings is 2. The highest BCUT2D eigenvalue weighted by Gasteiger charge is 2.29. The summed E-state index contributed by atoms with van der Waals surface area (Å²) in [6, 6.07) is 16.1. The van der Waals surface area contributed by atoms with Crippen LogP contribution in [0.15, 0.2) is 42.5 Å². The van der Waals surface area contributed by atoms with Gasteiger partial charge in [-0.15, -0.1) is 0 Å². The molecule has 0 saturated heterocycles. The number of hydrogen-bond donors (Lipinski definition) is 0. The van der Waals surface area contributed by atoms with Gasteiger partial charge in [-0.1, -0.05) is 30.3 Å². The Kier molecular flexibility index (Phi) is 5.16. The monoisotopic (exact) mass is 351 g/mol. The minimum absolute atomic E-state index is 0.719. The molecule has 4 rings (SSSR count). The molecule has 0 radical (unpaired) electrons. The topological polar surface area (TPSA) is 21.7 Å². The van der Waals surface area contributed by atoms with Gasteiger partial charge in [0.2, 0.25) is 0 Å². The molecule has 1 fully saturated rings. The van der Waals surface area contributed by atoms with E-state index in [-0.39, 0.29) is 0 Å². The van der Waals surface area contributed by atoms with Crippen molar-refractivity contribution < 1.29 is 9.47 Å². The Labute approximate surface area is 156 Å². The van der Waals surface area contributed by atoms with Crippen LogP contribution >= 0.6 is 0 Å². The van der Waals surface area contributed by atoms with E-state index in [0.717, 1.165) is 43.0 Å². The molecule has 0 N–H and O–H groups in total. The minimum Gasteiger partial charge on any atom is -0.493 e. The van der Waals surface area contributed by atoms with E-state index in [2.05, 4.69) is 47.4 Å². The van der Waals surface area contributed by atoms with Crippen molar-refractivity contribution in [1.29, 1.82) is 0 Å². The minimum atomic E-state index is 0.719. The predicted molar refractivity (Wildman–Crippen MR) is 105 cm³/mol. The molecule has 0 aromatic heterocycles. The van der Waals surface area contributed by atoms with Crippen LogP contribution in [0.3, 0.4) is 0 Å². The van der Waals surface area contributed by atoms with Crippen LogP contribution < -0.4 is 9.47 Å². The molecule has 1 aliphatic carbocycles. The molecule has 1 heterocycles. The Bertz CT molecular complexity index is 735. The fourth-order valence-corrected chi connectivity index (χ4v) is 4.72. The summed E-state index contributed by atoms with van der Waals surface area (Å²) in [5.41, 5.74) is 4.34. The lowest BCUT2D eigenvalue weighted by molar-refractivity contribution is 0.134. The van der Waals surface area contributed by atoms with Gasteiger partial charge in [0, 0.05) is 19.1 Å². The van der Waals surface area contributed by atoms with Crippen molar-refractivity contribution in [2.45, 2.75) is 50.6 Å². The number of hydrogen-bond acceptors (Lipinski definition) is 3. The number of ether oxygens (including phenoxy) is 2. The fourth-order valence-electron chi connectivity index (χ4n) is 4.72. The van der Waals surface area contributed by atoms with E-state index in [9.17, 15) is 0 Å². The molecule has 1 saturated carbocycles. The highest BCUT2D eigenvalue weighted by molar-refractivity contribution is 5.48. The van der Waals surface area contributed by atoms with Gasteiger partial charge in [0.15, 0.2) is 11.5 Å². The largest absolute Gasteiger partial charge is 0.493 e. The highest BCUT2D eigenvalue weighted by atomic mass is 16.5. The Morgan fingerprint density at radius 3 is 2.15 bits per heavy atom. The maximum Gasteiger partial charge on any atom is 0.161 e. The lowest BCUT2D eigenvalue weighted by Gasteiger charge is -2.39. The van der Waals surface area contributed by atoms with E-state index in [1.165, 1.54) is 42.4 Å². The summed E-state index contributed by atoms with van der Waals surface area (Å²) in [6.45, 7) is 2.19. The van der Waals surface area contributed by atoms with Crippen LogP contribution in [0.25, 0.3) is 0 Å². The molecule has 2 aromatic rings. The molecular weight excluding hydrogens is 322 g/mol. The van der Waals surface area contributed by atoms with Crippen molar-refractivity contribution in [3.63, 3.8) is 0 Å². The van der Waals surface area contributed by atoms with E-state index in [1.807, 2.05) is 0 Å². The normalized spacial score (nSPS) is 23.3. The first-order valence-electron chi connectivity index (χ1n) is 9.81. The van der Waals surface area contributed by atoms with Gasteiger partial charge in [-0.2, -0.15) is 0 Å². The van der Waals surface area contributed by atoms with Crippen LogP contribution in [0.2, 0.25) is 0 Å². The first kappa shape index (κ1) is 17.4. The Morgan fingerprint density at radius 2 is 1.50 bits per heavy atom. The molecule has 0 atom stereocenters. The quantitative estimate of drug-likeness (QED) is 0.791. The molecule has 0 spiro atoms. The molecule has 3 heteroatoms. The molecule has 0 amide bonds. The molecule has 2 aromatic carbocycles. The van der Waals surface area contributed by atoms with E-state index in [0.29, 0.717) is 0 Å². The van der Waals surface area contributed by atoms with Crippen molar-refractivity contribution in [2.75, 3.05) is 20.8 Å². The fraction of sp³-hybridized carbons (Fsp3) is 0.478. The second-order valence-electron chi connectivity index (χ2n) is 7.61. The Balaban J connectivity index is 1.42. The summed E-state index contributed by atoms with van der Waals surface area (Å²) in [5, 5.41) is 0. The summed E-state index contributed by atoms with van der Waals surface area (Å²) < 4.78 is 11.0. The van der Waals surface area contributed by atoms with Gasteiger partial charge in [0.05, 0.1) is 14.2 Å². The molecule has 26 heavy (non-hydrogen) atoms. The molecular formula is C23H29NO2. The van der Waals surface area contributed by atoms with Crippen molar-refractivity contribution >= 4 is 0 Å². The third-order valence-corrected chi connectivity index (χ3v) is 6.23. The zero-order chi connectivity index (χ0) is 17.9. The second-order valence-corrected chi connectivity index (χ2v) is 7.61. The zero-order valence-corrected chi connectivity index (χ0v) is 15.9. The summed E-state index contributed by atoms with van der Waals surface area (Å²) >= 11 is 0. The zero-order valence-electron chi connectivity index (χ0n) is 15.9. The third kappa shape index (κ3) is 3.45. The Hall–Kier alpha value is -2.00. The molecule has 0 unspecified atom stereocenters. The van der Waals surface area contributed by atoms with Crippen LogP contribution in [0.4, 0.5) is 0 Å². The summed E-state index contributed by atoms with van der Waals surface area (Å²) in [7, 11) is 3.43.